The number of nitrogens with one attached hydrogen (secondary N) is 1. The number of aromatic nitrogens is 2. The highest BCUT2D eigenvalue weighted by atomic mass is 79.9. The van der Waals surface area contributed by atoms with Gasteiger partial charge in [0.25, 0.3) is 5.56 Å². The number of primary amides is 1. The van der Waals surface area contributed by atoms with Crippen LogP contribution in [-0.4, -0.2) is 31.8 Å². The van der Waals surface area contributed by atoms with E-state index < -0.39 is 12.1 Å². The van der Waals surface area contributed by atoms with Crippen LogP contribution in [0.5, 0.6) is 0 Å². The Bertz CT molecular complexity index is 1030. The van der Waals surface area contributed by atoms with Crippen LogP contribution in [0.2, 0.25) is 15.1 Å². The van der Waals surface area contributed by atoms with Gasteiger partial charge in [-0.05, 0) is 48.8 Å². The first-order valence-corrected chi connectivity index (χ1v) is 9.96. The van der Waals surface area contributed by atoms with Crippen molar-refractivity contribution in [1.29, 1.82) is 0 Å². The molecule has 166 valence electrons. The Morgan fingerprint density at radius 2 is 1.63 bits per heavy atom. The molecule has 0 spiro atoms. The highest BCUT2D eigenvalue weighted by Crippen LogP contribution is 2.31. The van der Waals surface area contributed by atoms with Crippen LogP contribution in [0, 0.1) is 6.92 Å². The standard InChI is InChI=1S/C8H11BrN2O2.C8H5Cl3O2.CH3NO2/c1-4(2)11-7(12)6(9)5(3)10-8(11)13;9-5-1-2-6(10)8(11)4(5)3-7(12)13;2-1(3)4/h4H,1-3H3,(H,10,13);1-2H,3H2,(H,12,13);2H2,(H,3,4). The number of nitrogens with zero attached hydrogens (tertiary/aromatic N) is 1. The summed E-state index contributed by atoms with van der Waals surface area (Å²) in [5, 5.41) is 16.6. The predicted octanol–water partition coefficient (Wildman–Crippen LogP) is 4.09. The molecule has 0 bridgehead atoms. The highest BCUT2D eigenvalue weighted by molar-refractivity contribution is 9.10. The van der Waals surface area contributed by atoms with E-state index in [9.17, 15) is 14.4 Å². The number of carboxylic acid groups (broad SMARTS) is 2. The summed E-state index contributed by atoms with van der Waals surface area (Å²) >= 11 is 20.3. The molecule has 2 aromatic rings. The van der Waals surface area contributed by atoms with Gasteiger partial charge in [0.15, 0.2) is 0 Å². The molecule has 0 saturated heterocycles. The maximum atomic E-state index is 11.5. The van der Waals surface area contributed by atoms with Crippen LogP contribution in [0.25, 0.3) is 0 Å². The van der Waals surface area contributed by atoms with Gasteiger partial charge >= 0.3 is 17.8 Å². The Kier molecular flexibility index (Phi) is 11.8. The molecule has 0 aliphatic rings. The lowest BCUT2D eigenvalue weighted by Crippen LogP contribution is -2.37. The first kappa shape index (κ1) is 28.0. The Morgan fingerprint density at radius 3 is 2.07 bits per heavy atom. The van der Waals surface area contributed by atoms with Crippen molar-refractivity contribution in [2.45, 2.75) is 33.2 Å². The van der Waals surface area contributed by atoms with Crippen molar-refractivity contribution in [2.75, 3.05) is 0 Å². The fraction of sp³-hybridized carbons (Fsp3) is 0.294. The van der Waals surface area contributed by atoms with Crippen molar-refractivity contribution < 1.29 is 19.8 Å². The fourth-order valence-corrected chi connectivity index (χ4v) is 2.96. The number of hydrogen-bond acceptors (Lipinski definition) is 4. The van der Waals surface area contributed by atoms with Crippen LogP contribution in [0.1, 0.15) is 31.1 Å². The number of benzene rings is 1. The number of carbonyl (C=O) groups is 2. The molecule has 0 aliphatic carbocycles. The summed E-state index contributed by atoms with van der Waals surface area (Å²) in [7, 11) is 0. The third-order valence-corrected chi connectivity index (χ3v) is 5.36. The van der Waals surface area contributed by atoms with E-state index >= 15 is 0 Å². The van der Waals surface area contributed by atoms with Crippen molar-refractivity contribution in [3.05, 3.63) is 63.8 Å². The van der Waals surface area contributed by atoms with Crippen molar-refractivity contribution in [3.63, 3.8) is 0 Å². The number of halogens is 4. The van der Waals surface area contributed by atoms with Crippen LogP contribution in [0.4, 0.5) is 4.79 Å². The van der Waals surface area contributed by atoms with E-state index in [0.29, 0.717) is 25.8 Å². The molecule has 30 heavy (non-hydrogen) atoms. The SMILES string of the molecule is Cc1[nH]c(=O)n(C(C)C)c(=O)c1Br.NC(=O)O.O=C(O)Cc1c(Cl)ccc(Cl)c1Cl. The molecule has 0 aliphatic heterocycles. The number of nitrogens with two attached hydrogens (primary N) is 1. The van der Waals surface area contributed by atoms with Gasteiger partial charge in [0, 0.05) is 22.3 Å². The molecule has 0 saturated carbocycles. The minimum absolute atomic E-state index is 0.131. The van der Waals surface area contributed by atoms with Gasteiger partial charge in [0.05, 0.1) is 16.5 Å². The first-order valence-electron chi connectivity index (χ1n) is 8.04. The van der Waals surface area contributed by atoms with Gasteiger partial charge in [-0.3, -0.25) is 14.2 Å². The lowest BCUT2D eigenvalue weighted by molar-refractivity contribution is -0.136. The molecule has 1 aromatic heterocycles. The molecule has 0 radical (unpaired) electrons. The molecule has 2 rings (SSSR count). The van der Waals surface area contributed by atoms with E-state index in [1.165, 1.54) is 16.7 Å². The van der Waals surface area contributed by atoms with E-state index in [4.69, 9.17) is 49.8 Å². The molecule has 1 aromatic carbocycles. The summed E-state index contributed by atoms with van der Waals surface area (Å²) in [5.74, 6) is -0.994. The summed E-state index contributed by atoms with van der Waals surface area (Å²) in [4.78, 5) is 44.7. The maximum absolute atomic E-state index is 11.5. The Hall–Kier alpha value is -2.01. The first-order chi connectivity index (χ1) is 13.7. The van der Waals surface area contributed by atoms with E-state index in [2.05, 4.69) is 26.6 Å². The molecule has 0 atom stereocenters. The topological polar surface area (TPSA) is 155 Å². The molecule has 1 heterocycles. The molecule has 0 unspecified atom stereocenters. The summed E-state index contributed by atoms with van der Waals surface area (Å²) in [6.45, 7) is 5.26. The average molecular weight is 548 g/mol. The number of amides is 1. The maximum Gasteiger partial charge on any atom is 0.402 e. The van der Waals surface area contributed by atoms with Crippen LogP contribution < -0.4 is 17.0 Å². The van der Waals surface area contributed by atoms with Crippen molar-refractivity contribution >= 4 is 62.8 Å². The highest BCUT2D eigenvalue weighted by Gasteiger charge is 2.12. The van der Waals surface area contributed by atoms with Gasteiger partial charge in [0.2, 0.25) is 0 Å². The third kappa shape index (κ3) is 8.78. The van der Waals surface area contributed by atoms with Crippen LogP contribution in [-0.2, 0) is 11.2 Å². The number of aliphatic carboxylic acids is 1. The fourth-order valence-electron chi connectivity index (χ4n) is 1.99. The minimum Gasteiger partial charge on any atom is -0.481 e. The smallest absolute Gasteiger partial charge is 0.402 e. The van der Waals surface area contributed by atoms with Gasteiger partial charge in [-0.2, -0.15) is 0 Å². The van der Waals surface area contributed by atoms with Gasteiger partial charge in [-0.15, -0.1) is 0 Å². The number of carboxylic acids is 1. The normalized spacial score (nSPS) is 9.87. The Balaban J connectivity index is 0.000000477. The number of hydrogen-bond donors (Lipinski definition) is 4. The molecular weight excluding hydrogens is 528 g/mol. The van der Waals surface area contributed by atoms with Crippen molar-refractivity contribution in [3.8, 4) is 0 Å². The third-order valence-electron chi connectivity index (χ3n) is 3.23. The minimum atomic E-state index is -1.33. The van der Waals surface area contributed by atoms with Crippen LogP contribution in [0.15, 0.2) is 26.2 Å². The molecule has 9 nitrogen and oxygen atoms in total. The van der Waals surface area contributed by atoms with Crippen LogP contribution >= 0.6 is 50.7 Å². The lowest BCUT2D eigenvalue weighted by Gasteiger charge is -2.09. The Morgan fingerprint density at radius 1 is 1.17 bits per heavy atom. The number of aryl methyl sites for hydroxylation is 1. The summed E-state index contributed by atoms with van der Waals surface area (Å²) in [6, 6.07) is 2.92. The van der Waals surface area contributed by atoms with Gasteiger partial charge in [0.1, 0.15) is 4.47 Å². The second kappa shape index (κ2) is 12.6. The Labute approximate surface area is 194 Å². The molecule has 13 heteroatoms. The monoisotopic (exact) mass is 545 g/mol. The van der Waals surface area contributed by atoms with Crippen LogP contribution in [0.3, 0.4) is 0 Å². The molecule has 1 amide bonds. The zero-order valence-electron chi connectivity index (χ0n) is 16.0. The molecular formula is C17H19BrCl3N3O6. The molecule has 5 N–H and O–H groups in total. The van der Waals surface area contributed by atoms with E-state index in [-0.39, 0.29) is 28.7 Å². The van der Waals surface area contributed by atoms with E-state index in [1.807, 2.05) is 0 Å². The van der Waals surface area contributed by atoms with E-state index in [1.54, 1.807) is 20.8 Å². The predicted molar refractivity (Wildman–Crippen MR) is 119 cm³/mol. The zero-order valence-corrected chi connectivity index (χ0v) is 19.9. The zero-order chi connectivity index (χ0) is 23.8. The largest absolute Gasteiger partial charge is 0.481 e. The quantitative estimate of drug-likeness (QED) is 0.424. The average Bonchev–Trinajstić information content (AvgIpc) is 2.59. The number of rotatable bonds is 3. The number of aromatic amines is 1. The van der Waals surface area contributed by atoms with Gasteiger partial charge in [-0.1, -0.05) is 34.8 Å². The number of H-pyrrole nitrogens is 1. The summed E-state index contributed by atoms with van der Waals surface area (Å²) < 4.78 is 1.60. The van der Waals surface area contributed by atoms with Gasteiger partial charge in [-0.25, -0.2) is 9.59 Å². The van der Waals surface area contributed by atoms with Crippen molar-refractivity contribution in [1.82, 2.24) is 9.55 Å². The van der Waals surface area contributed by atoms with E-state index in [0.717, 1.165) is 0 Å². The molecule has 0 fully saturated rings. The summed E-state index contributed by atoms with van der Waals surface area (Å²) in [6.07, 6.45) is -1.56. The van der Waals surface area contributed by atoms with Gasteiger partial charge < -0.3 is 20.9 Å². The second-order valence-electron chi connectivity index (χ2n) is 5.87. The second-order valence-corrected chi connectivity index (χ2v) is 7.85. The van der Waals surface area contributed by atoms with Crippen molar-refractivity contribution in [2.24, 2.45) is 5.73 Å². The lowest BCUT2D eigenvalue weighted by atomic mass is 10.1. The summed E-state index contributed by atoms with van der Waals surface area (Å²) in [5.41, 5.74) is 4.30.